The molecule has 105 valence electrons. The second-order valence-corrected chi connectivity index (χ2v) is 3.79. The highest BCUT2D eigenvalue weighted by atomic mass is 17.2. The van der Waals surface area contributed by atoms with Gasteiger partial charge in [-0.05, 0) is 30.7 Å². The van der Waals surface area contributed by atoms with Crippen LogP contribution < -0.4 is 4.74 Å². The van der Waals surface area contributed by atoms with Gasteiger partial charge in [0, 0.05) is 6.61 Å². The Labute approximate surface area is 113 Å². The van der Waals surface area contributed by atoms with Crippen molar-refractivity contribution in [2.75, 3.05) is 20.3 Å². The fourth-order valence-corrected chi connectivity index (χ4v) is 1.26. The predicted octanol–water partition coefficient (Wildman–Crippen LogP) is 2.76. The molecule has 5 nitrogen and oxygen atoms in total. The zero-order valence-corrected chi connectivity index (χ0v) is 11.3. The van der Waals surface area contributed by atoms with E-state index in [0.717, 1.165) is 12.8 Å². The molecule has 0 atom stereocenters. The number of ether oxygens (including phenoxy) is 2. The highest BCUT2D eigenvalue weighted by molar-refractivity contribution is 5.89. The summed E-state index contributed by atoms with van der Waals surface area (Å²) in [6, 6.07) is 6.55. The maximum atomic E-state index is 11.5. The minimum atomic E-state index is -0.563. The molecule has 0 N–H and O–H groups in total. The van der Waals surface area contributed by atoms with Crippen molar-refractivity contribution in [2.45, 2.75) is 19.8 Å². The Kier molecular flexibility index (Phi) is 7.62. The van der Waals surface area contributed by atoms with Crippen LogP contribution in [-0.4, -0.2) is 26.3 Å². The van der Waals surface area contributed by atoms with Crippen LogP contribution in [-0.2, 0) is 14.5 Å². The Morgan fingerprint density at radius 1 is 1.26 bits per heavy atom. The molecule has 0 aliphatic heterocycles. The lowest BCUT2D eigenvalue weighted by molar-refractivity contribution is -0.218. The molecular formula is C14H19O5. The molecular weight excluding hydrogens is 248 g/mol. The third-order valence-corrected chi connectivity index (χ3v) is 2.35. The molecule has 5 heteroatoms. The summed E-state index contributed by atoms with van der Waals surface area (Å²) in [4.78, 5) is 20.8. The summed E-state index contributed by atoms with van der Waals surface area (Å²) >= 11 is 0. The SMILES string of the molecule is CCCCOC[CH]OOC(=O)c1ccc(OC)cc1. The Morgan fingerprint density at radius 2 is 2.00 bits per heavy atom. The van der Waals surface area contributed by atoms with Gasteiger partial charge in [0.1, 0.15) is 5.75 Å². The number of unbranched alkanes of at least 4 members (excludes halogenated alkanes) is 1. The van der Waals surface area contributed by atoms with Gasteiger partial charge in [0.15, 0.2) is 6.61 Å². The van der Waals surface area contributed by atoms with Crippen molar-refractivity contribution in [3.8, 4) is 5.75 Å². The van der Waals surface area contributed by atoms with E-state index in [1.165, 1.54) is 6.61 Å². The molecule has 0 heterocycles. The molecule has 1 radical (unpaired) electrons. The largest absolute Gasteiger partial charge is 0.497 e. The number of hydrogen-bond donors (Lipinski definition) is 0. The summed E-state index contributed by atoms with van der Waals surface area (Å²) in [6.45, 7) is 4.34. The van der Waals surface area contributed by atoms with Gasteiger partial charge >= 0.3 is 5.97 Å². The first-order valence-electron chi connectivity index (χ1n) is 6.19. The molecule has 19 heavy (non-hydrogen) atoms. The lowest BCUT2D eigenvalue weighted by Crippen LogP contribution is -2.07. The Balaban J connectivity index is 2.16. The van der Waals surface area contributed by atoms with Crippen LogP contribution in [0.3, 0.4) is 0 Å². The molecule has 0 amide bonds. The van der Waals surface area contributed by atoms with Crippen LogP contribution in [0.25, 0.3) is 0 Å². The highest BCUT2D eigenvalue weighted by Crippen LogP contribution is 2.12. The molecule has 0 saturated heterocycles. The number of hydrogen-bond acceptors (Lipinski definition) is 5. The molecule has 0 spiro atoms. The average molecular weight is 267 g/mol. The van der Waals surface area contributed by atoms with Crippen LogP contribution in [0.15, 0.2) is 24.3 Å². The molecule has 0 aromatic heterocycles. The maximum Gasteiger partial charge on any atom is 0.373 e. The van der Waals surface area contributed by atoms with E-state index < -0.39 is 5.97 Å². The van der Waals surface area contributed by atoms with Crippen molar-refractivity contribution >= 4 is 5.97 Å². The molecule has 0 bridgehead atoms. The third-order valence-electron chi connectivity index (χ3n) is 2.35. The molecule has 0 aliphatic rings. The summed E-state index contributed by atoms with van der Waals surface area (Å²) in [5, 5.41) is 0. The van der Waals surface area contributed by atoms with E-state index in [1.54, 1.807) is 31.4 Å². The van der Waals surface area contributed by atoms with Crippen LogP contribution in [0.4, 0.5) is 0 Å². The first-order chi connectivity index (χ1) is 9.27. The van der Waals surface area contributed by atoms with E-state index in [9.17, 15) is 4.79 Å². The van der Waals surface area contributed by atoms with Crippen molar-refractivity contribution in [3.05, 3.63) is 36.4 Å². The summed E-state index contributed by atoms with van der Waals surface area (Å²) in [5.41, 5.74) is 0.390. The lowest BCUT2D eigenvalue weighted by Gasteiger charge is -2.05. The Morgan fingerprint density at radius 3 is 2.63 bits per heavy atom. The van der Waals surface area contributed by atoms with E-state index in [4.69, 9.17) is 9.47 Å². The van der Waals surface area contributed by atoms with Crippen molar-refractivity contribution in [3.63, 3.8) is 0 Å². The van der Waals surface area contributed by atoms with Gasteiger partial charge in [-0.15, -0.1) is 0 Å². The molecule has 1 rings (SSSR count). The van der Waals surface area contributed by atoms with Gasteiger partial charge in [0.2, 0.25) is 0 Å². The number of rotatable bonds is 9. The molecule has 0 saturated carbocycles. The monoisotopic (exact) mass is 267 g/mol. The zero-order valence-electron chi connectivity index (χ0n) is 11.3. The third kappa shape index (κ3) is 6.22. The van der Waals surface area contributed by atoms with Crippen LogP contribution in [0, 0.1) is 6.61 Å². The van der Waals surface area contributed by atoms with Gasteiger partial charge in [-0.2, -0.15) is 4.89 Å². The number of benzene rings is 1. The van der Waals surface area contributed by atoms with Gasteiger partial charge in [0.05, 0.1) is 19.3 Å². The fourth-order valence-electron chi connectivity index (χ4n) is 1.26. The minimum Gasteiger partial charge on any atom is -0.497 e. The van der Waals surface area contributed by atoms with Crippen LogP contribution in [0.5, 0.6) is 5.75 Å². The standard InChI is InChI=1S/C14H19O5/c1-3-4-9-17-10-11-18-19-14(15)12-5-7-13(16-2)8-6-12/h5-8,11H,3-4,9-10H2,1-2H3. The van der Waals surface area contributed by atoms with Gasteiger partial charge in [0.25, 0.3) is 0 Å². The number of carbonyl (C=O) groups excluding carboxylic acids is 1. The second kappa shape index (κ2) is 9.35. The van der Waals surface area contributed by atoms with Crippen molar-refractivity contribution in [1.82, 2.24) is 0 Å². The Hall–Kier alpha value is -1.59. The Bertz CT molecular complexity index is 361. The normalized spacial score (nSPS) is 10.2. The second-order valence-electron chi connectivity index (χ2n) is 3.79. The highest BCUT2D eigenvalue weighted by Gasteiger charge is 2.08. The lowest BCUT2D eigenvalue weighted by atomic mass is 10.2. The van der Waals surface area contributed by atoms with Crippen LogP contribution >= 0.6 is 0 Å². The van der Waals surface area contributed by atoms with E-state index in [-0.39, 0.29) is 6.61 Å². The first kappa shape index (κ1) is 15.5. The van der Waals surface area contributed by atoms with E-state index in [2.05, 4.69) is 16.7 Å². The molecule has 0 aliphatic carbocycles. The summed E-state index contributed by atoms with van der Waals surface area (Å²) in [7, 11) is 1.56. The maximum absolute atomic E-state index is 11.5. The topological polar surface area (TPSA) is 54.0 Å². The molecule has 0 unspecified atom stereocenters. The number of methoxy groups -OCH3 is 1. The zero-order chi connectivity index (χ0) is 13.9. The van der Waals surface area contributed by atoms with Gasteiger partial charge in [-0.1, -0.05) is 13.3 Å². The summed E-state index contributed by atoms with van der Waals surface area (Å²) in [5.74, 6) is 0.112. The molecule has 1 aromatic carbocycles. The predicted molar refractivity (Wildman–Crippen MR) is 69.5 cm³/mol. The first-order valence-corrected chi connectivity index (χ1v) is 6.19. The van der Waals surface area contributed by atoms with E-state index in [1.807, 2.05) is 0 Å². The quantitative estimate of drug-likeness (QED) is 0.391. The molecule has 1 aromatic rings. The fraction of sp³-hybridized carbons (Fsp3) is 0.429. The summed E-state index contributed by atoms with van der Waals surface area (Å²) in [6.07, 6.45) is 2.08. The van der Waals surface area contributed by atoms with Gasteiger partial charge in [-0.25, -0.2) is 4.79 Å². The van der Waals surface area contributed by atoms with Gasteiger partial charge in [-0.3, -0.25) is 4.89 Å². The van der Waals surface area contributed by atoms with Crippen LogP contribution in [0.2, 0.25) is 0 Å². The van der Waals surface area contributed by atoms with Crippen molar-refractivity contribution in [2.24, 2.45) is 0 Å². The summed E-state index contributed by atoms with van der Waals surface area (Å²) < 4.78 is 10.2. The average Bonchev–Trinajstić information content (AvgIpc) is 2.46. The molecule has 0 fully saturated rings. The van der Waals surface area contributed by atoms with Crippen LogP contribution in [0.1, 0.15) is 30.1 Å². The van der Waals surface area contributed by atoms with Crippen molar-refractivity contribution < 1.29 is 24.0 Å². The van der Waals surface area contributed by atoms with E-state index >= 15 is 0 Å². The smallest absolute Gasteiger partial charge is 0.373 e. The van der Waals surface area contributed by atoms with Gasteiger partial charge < -0.3 is 9.47 Å². The minimum absolute atomic E-state index is 0.288. The van der Waals surface area contributed by atoms with Crippen molar-refractivity contribution in [1.29, 1.82) is 0 Å². The number of carbonyl (C=O) groups is 1. The van der Waals surface area contributed by atoms with E-state index in [0.29, 0.717) is 17.9 Å².